The predicted molar refractivity (Wildman–Crippen MR) is 129 cm³/mol. The number of aromatic amines is 1. The molecule has 33 heavy (non-hydrogen) atoms. The standard InChI is InChI=1S/C25H23N7O/c26-23(27)18-8-9-20-21(14-18)31-24(30-20)25-29-12-13-32(25)15-22(33)28-11-10-17-6-3-5-16-4-1-2-7-19(16)17/h1-9,12-14H,10-11,15H2,(H3,26,27)(H,28,33)(H,30,31). The normalized spacial score (nSPS) is 11.2. The van der Waals surface area contributed by atoms with Crippen molar-refractivity contribution in [2.45, 2.75) is 13.0 Å². The number of nitrogens with two attached hydrogens (primary N) is 1. The predicted octanol–water partition coefficient (Wildman–Crippen LogP) is 3.22. The first kappa shape index (κ1) is 20.4. The van der Waals surface area contributed by atoms with E-state index in [0.717, 1.165) is 17.5 Å². The zero-order valence-corrected chi connectivity index (χ0v) is 17.9. The fourth-order valence-electron chi connectivity index (χ4n) is 3.99. The molecule has 0 saturated carbocycles. The number of aromatic nitrogens is 4. The van der Waals surface area contributed by atoms with E-state index in [4.69, 9.17) is 11.1 Å². The molecule has 0 saturated heterocycles. The minimum absolute atomic E-state index is 0.00489. The van der Waals surface area contributed by atoms with Crippen LogP contribution < -0.4 is 11.1 Å². The molecule has 5 rings (SSSR count). The molecule has 0 unspecified atom stereocenters. The summed E-state index contributed by atoms with van der Waals surface area (Å²) in [7, 11) is 0. The molecule has 2 heterocycles. The van der Waals surface area contributed by atoms with E-state index in [1.807, 2.05) is 18.2 Å². The third-order valence-corrected chi connectivity index (χ3v) is 5.63. The third-order valence-electron chi connectivity index (χ3n) is 5.63. The molecule has 0 spiro atoms. The van der Waals surface area contributed by atoms with Crippen LogP contribution in [0.1, 0.15) is 11.1 Å². The Bertz CT molecular complexity index is 1480. The van der Waals surface area contributed by atoms with Gasteiger partial charge in [0.15, 0.2) is 11.6 Å². The van der Waals surface area contributed by atoms with E-state index in [1.165, 1.54) is 16.3 Å². The van der Waals surface area contributed by atoms with Gasteiger partial charge in [-0.3, -0.25) is 10.2 Å². The van der Waals surface area contributed by atoms with E-state index >= 15 is 0 Å². The van der Waals surface area contributed by atoms with Gasteiger partial charge in [0, 0.05) is 24.5 Å². The molecule has 2 aromatic heterocycles. The summed E-state index contributed by atoms with van der Waals surface area (Å²) in [6, 6.07) is 19.8. The minimum Gasteiger partial charge on any atom is -0.384 e. The Morgan fingerprint density at radius 1 is 1.12 bits per heavy atom. The van der Waals surface area contributed by atoms with Gasteiger partial charge in [-0.15, -0.1) is 0 Å². The quantitative estimate of drug-likeness (QED) is 0.230. The highest BCUT2D eigenvalue weighted by molar-refractivity contribution is 5.98. The van der Waals surface area contributed by atoms with Gasteiger partial charge in [-0.1, -0.05) is 42.5 Å². The van der Waals surface area contributed by atoms with Gasteiger partial charge >= 0.3 is 0 Å². The van der Waals surface area contributed by atoms with Crippen molar-refractivity contribution in [3.63, 3.8) is 0 Å². The average molecular weight is 438 g/mol. The molecule has 0 radical (unpaired) electrons. The molecule has 5 aromatic rings. The van der Waals surface area contributed by atoms with Crippen molar-refractivity contribution in [1.29, 1.82) is 5.41 Å². The van der Waals surface area contributed by atoms with Crippen LogP contribution in [-0.4, -0.2) is 37.8 Å². The third kappa shape index (κ3) is 4.18. The highest BCUT2D eigenvalue weighted by Crippen LogP contribution is 2.21. The second kappa shape index (κ2) is 8.58. The molecule has 0 aliphatic rings. The Labute approximate surface area is 190 Å². The summed E-state index contributed by atoms with van der Waals surface area (Å²) in [5.74, 6) is 1.03. The zero-order chi connectivity index (χ0) is 22.8. The molecular formula is C25H23N7O. The maximum atomic E-state index is 12.6. The van der Waals surface area contributed by atoms with Gasteiger partial charge in [-0.2, -0.15) is 0 Å². The molecule has 164 valence electrons. The van der Waals surface area contributed by atoms with Crippen LogP contribution in [0.3, 0.4) is 0 Å². The van der Waals surface area contributed by atoms with Gasteiger partial charge in [-0.25, -0.2) is 9.97 Å². The van der Waals surface area contributed by atoms with E-state index in [-0.39, 0.29) is 18.3 Å². The maximum Gasteiger partial charge on any atom is 0.240 e. The fourth-order valence-corrected chi connectivity index (χ4v) is 3.99. The Morgan fingerprint density at radius 3 is 2.85 bits per heavy atom. The highest BCUT2D eigenvalue weighted by atomic mass is 16.1. The van der Waals surface area contributed by atoms with Crippen molar-refractivity contribution in [3.8, 4) is 11.6 Å². The fraction of sp³-hybridized carbons (Fsp3) is 0.120. The number of carbonyl (C=O) groups is 1. The summed E-state index contributed by atoms with van der Waals surface area (Å²) in [6.07, 6.45) is 4.16. The number of amides is 1. The molecule has 8 nitrogen and oxygen atoms in total. The summed E-state index contributed by atoms with van der Waals surface area (Å²) >= 11 is 0. The molecule has 3 aromatic carbocycles. The summed E-state index contributed by atoms with van der Waals surface area (Å²) in [4.78, 5) is 24.8. The summed E-state index contributed by atoms with van der Waals surface area (Å²) in [6.45, 7) is 0.690. The first-order chi connectivity index (χ1) is 16.1. The van der Waals surface area contributed by atoms with Crippen molar-refractivity contribution in [2.24, 2.45) is 5.73 Å². The van der Waals surface area contributed by atoms with Crippen molar-refractivity contribution in [2.75, 3.05) is 6.54 Å². The highest BCUT2D eigenvalue weighted by Gasteiger charge is 2.14. The number of nitrogens with one attached hydrogen (secondary N) is 3. The Hall–Kier alpha value is -4.46. The average Bonchev–Trinajstić information content (AvgIpc) is 3.45. The Morgan fingerprint density at radius 2 is 1.97 bits per heavy atom. The van der Waals surface area contributed by atoms with Gasteiger partial charge in [0.05, 0.1) is 11.0 Å². The lowest BCUT2D eigenvalue weighted by atomic mass is 10.0. The van der Waals surface area contributed by atoms with Gasteiger partial charge in [0.1, 0.15) is 12.4 Å². The van der Waals surface area contributed by atoms with Crippen LogP contribution >= 0.6 is 0 Å². The lowest BCUT2D eigenvalue weighted by Crippen LogP contribution is -2.29. The van der Waals surface area contributed by atoms with Gasteiger partial charge in [0.25, 0.3) is 0 Å². The molecule has 0 aliphatic carbocycles. The summed E-state index contributed by atoms with van der Waals surface area (Å²) < 4.78 is 1.76. The number of H-pyrrole nitrogens is 1. The van der Waals surface area contributed by atoms with Gasteiger partial charge < -0.3 is 20.6 Å². The molecule has 0 atom stereocenters. The van der Waals surface area contributed by atoms with Crippen LogP contribution in [0, 0.1) is 5.41 Å². The topological polar surface area (TPSA) is 125 Å². The molecule has 8 heteroatoms. The number of carbonyl (C=O) groups excluding carboxylic acids is 1. The van der Waals surface area contributed by atoms with E-state index in [0.29, 0.717) is 23.8 Å². The molecule has 0 aliphatic heterocycles. The van der Waals surface area contributed by atoms with E-state index < -0.39 is 0 Å². The van der Waals surface area contributed by atoms with Crippen molar-refractivity contribution < 1.29 is 4.79 Å². The number of benzene rings is 3. The smallest absolute Gasteiger partial charge is 0.240 e. The number of hydrogen-bond acceptors (Lipinski definition) is 4. The number of imidazole rings is 2. The number of nitrogen functional groups attached to an aromatic ring is 1. The maximum absolute atomic E-state index is 12.6. The van der Waals surface area contributed by atoms with Crippen LogP contribution in [0.2, 0.25) is 0 Å². The zero-order valence-electron chi connectivity index (χ0n) is 17.9. The second-order valence-corrected chi connectivity index (χ2v) is 7.85. The largest absolute Gasteiger partial charge is 0.384 e. The van der Waals surface area contributed by atoms with Crippen LogP contribution in [0.25, 0.3) is 33.5 Å². The number of hydrogen-bond donors (Lipinski definition) is 4. The first-order valence-electron chi connectivity index (χ1n) is 10.7. The van der Waals surface area contributed by atoms with Crippen LogP contribution in [-0.2, 0) is 17.8 Å². The van der Waals surface area contributed by atoms with E-state index in [9.17, 15) is 4.79 Å². The van der Waals surface area contributed by atoms with Crippen LogP contribution in [0.4, 0.5) is 0 Å². The molecule has 0 fully saturated rings. The van der Waals surface area contributed by atoms with Crippen molar-refractivity contribution in [1.82, 2.24) is 24.8 Å². The molecule has 1 amide bonds. The van der Waals surface area contributed by atoms with E-state index in [2.05, 4.69) is 44.5 Å². The van der Waals surface area contributed by atoms with Crippen molar-refractivity contribution in [3.05, 3.63) is 84.2 Å². The van der Waals surface area contributed by atoms with E-state index in [1.54, 1.807) is 35.2 Å². The molecule has 0 bridgehead atoms. The SMILES string of the molecule is N=C(N)c1ccc2nc(-c3nccn3CC(=O)NCCc3cccc4ccccc34)[nH]c2c1. The first-order valence-corrected chi connectivity index (χ1v) is 10.7. The Kier molecular flexibility index (Phi) is 5.32. The van der Waals surface area contributed by atoms with Gasteiger partial charge in [0.2, 0.25) is 5.91 Å². The lowest BCUT2D eigenvalue weighted by molar-refractivity contribution is -0.121. The lowest BCUT2D eigenvalue weighted by Gasteiger charge is -2.09. The minimum atomic E-state index is -0.0931. The Balaban J connectivity index is 1.26. The number of amidine groups is 1. The monoisotopic (exact) mass is 437 g/mol. The summed E-state index contributed by atoms with van der Waals surface area (Å²) in [5, 5.41) is 13.0. The van der Waals surface area contributed by atoms with Gasteiger partial charge in [-0.05, 0) is 41.0 Å². The second-order valence-electron chi connectivity index (χ2n) is 7.85. The number of rotatable bonds is 7. The number of fused-ring (bicyclic) bond motifs is 2. The van der Waals surface area contributed by atoms with Crippen LogP contribution in [0.5, 0.6) is 0 Å². The molecular weight excluding hydrogens is 414 g/mol. The molecule has 5 N–H and O–H groups in total. The van der Waals surface area contributed by atoms with Crippen molar-refractivity contribution >= 4 is 33.5 Å². The summed E-state index contributed by atoms with van der Waals surface area (Å²) in [5.41, 5.74) is 8.90. The number of nitrogens with zero attached hydrogens (tertiary/aromatic N) is 3. The van der Waals surface area contributed by atoms with Crippen LogP contribution in [0.15, 0.2) is 73.1 Å².